The molecule has 1 aromatic carbocycles. The average Bonchev–Trinajstić information content (AvgIpc) is 3.14. The second kappa shape index (κ2) is 8.96. The Balaban J connectivity index is 0.00000240. The minimum absolute atomic E-state index is 0. The number of piperidine rings is 1. The molecule has 3 saturated heterocycles. The highest BCUT2D eigenvalue weighted by molar-refractivity contribution is 5.98. The molecule has 4 amide bonds. The molecule has 3 fully saturated rings. The molecule has 158 valence electrons. The zero-order chi connectivity index (χ0) is 19.7. The maximum absolute atomic E-state index is 14.4. The number of hydrogen-bond donors (Lipinski definition) is 2. The summed E-state index contributed by atoms with van der Waals surface area (Å²) in [6.45, 7) is 3.62. The highest BCUT2D eigenvalue weighted by Gasteiger charge is 2.33. The molecule has 29 heavy (non-hydrogen) atoms. The lowest BCUT2D eigenvalue weighted by atomic mass is 10.0. The number of urea groups is 1. The summed E-state index contributed by atoms with van der Waals surface area (Å²) in [4.78, 5) is 42.0. The largest absolute Gasteiger partial charge is 0.336 e. The van der Waals surface area contributed by atoms with Gasteiger partial charge >= 0.3 is 6.03 Å². The van der Waals surface area contributed by atoms with Gasteiger partial charge in [0.25, 0.3) is 5.91 Å². The third-order valence-corrected chi connectivity index (χ3v) is 5.60. The topological polar surface area (TPSA) is 85.0 Å². The van der Waals surface area contributed by atoms with Crippen LogP contribution in [0.1, 0.15) is 23.2 Å². The zero-order valence-electron chi connectivity index (χ0n) is 16.0. The maximum atomic E-state index is 14.4. The van der Waals surface area contributed by atoms with Gasteiger partial charge in [-0.2, -0.15) is 0 Å². The van der Waals surface area contributed by atoms with Crippen molar-refractivity contribution < 1.29 is 18.8 Å². The van der Waals surface area contributed by atoms with E-state index in [0.717, 1.165) is 19.4 Å². The molecule has 3 aliphatic rings. The fraction of sp³-hybridized carbons (Fsp3) is 0.526. The molecular weight excluding hydrogens is 401 g/mol. The molecule has 1 unspecified atom stereocenters. The molecule has 0 radical (unpaired) electrons. The summed E-state index contributed by atoms with van der Waals surface area (Å²) in [5, 5.41) is 5.75. The first-order valence-electron chi connectivity index (χ1n) is 9.69. The van der Waals surface area contributed by atoms with E-state index >= 15 is 0 Å². The number of piperazine rings is 1. The van der Waals surface area contributed by atoms with Crippen molar-refractivity contribution in [1.82, 2.24) is 20.4 Å². The van der Waals surface area contributed by atoms with Crippen molar-refractivity contribution in [3.05, 3.63) is 29.6 Å². The van der Waals surface area contributed by atoms with Crippen LogP contribution in [0.3, 0.4) is 0 Å². The molecule has 4 rings (SSSR count). The summed E-state index contributed by atoms with van der Waals surface area (Å²) in [6, 6.07) is 3.90. The van der Waals surface area contributed by atoms with Crippen LogP contribution < -0.4 is 15.5 Å². The fourth-order valence-corrected chi connectivity index (χ4v) is 4.13. The smallest absolute Gasteiger partial charge is 0.321 e. The normalized spacial score (nSPS) is 22.4. The Morgan fingerprint density at radius 1 is 1.14 bits per heavy atom. The minimum atomic E-state index is -0.603. The fourth-order valence-electron chi connectivity index (χ4n) is 4.13. The van der Waals surface area contributed by atoms with Crippen LogP contribution >= 0.6 is 12.4 Å². The molecule has 3 aliphatic heterocycles. The summed E-state index contributed by atoms with van der Waals surface area (Å²) in [6.07, 6.45) is 1.61. The molecule has 0 aromatic heterocycles. The van der Waals surface area contributed by atoms with Crippen molar-refractivity contribution in [3.8, 4) is 0 Å². The number of nitrogens with one attached hydrogen (secondary N) is 2. The first-order chi connectivity index (χ1) is 13.5. The van der Waals surface area contributed by atoms with Gasteiger partial charge in [0.05, 0.1) is 12.1 Å². The minimum Gasteiger partial charge on any atom is -0.336 e. The average molecular weight is 426 g/mol. The number of amides is 4. The molecule has 8 nitrogen and oxygen atoms in total. The summed E-state index contributed by atoms with van der Waals surface area (Å²) in [5.41, 5.74) is 0.468. The van der Waals surface area contributed by atoms with Gasteiger partial charge in [0, 0.05) is 51.0 Å². The van der Waals surface area contributed by atoms with E-state index in [1.165, 1.54) is 23.1 Å². The Morgan fingerprint density at radius 2 is 1.97 bits per heavy atom. The number of rotatable bonds is 3. The Kier molecular flexibility index (Phi) is 6.59. The van der Waals surface area contributed by atoms with E-state index < -0.39 is 11.7 Å². The van der Waals surface area contributed by atoms with Crippen LogP contribution in [-0.4, -0.2) is 79.5 Å². The Morgan fingerprint density at radius 3 is 2.69 bits per heavy atom. The van der Waals surface area contributed by atoms with E-state index in [-0.39, 0.29) is 36.0 Å². The van der Waals surface area contributed by atoms with Crippen molar-refractivity contribution in [2.75, 3.05) is 50.7 Å². The van der Waals surface area contributed by atoms with Crippen LogP contribution in [0, 0.1) is 5.82 Å². The molecule has 10 heteroatoms. The lowest BCUT2D eigenvalue weighted by Gasteiger charge is -2.41. The van der Waals surface area contributed by atoms with Gasteiger partial charge in [-0.3, -0.25) is 14.5 Å². The molecule has 0 spiro atoms. The van der Waals surface area contributed by atoms with Gasteiger partial charge < -0.3 is 20.4 Å². The van der Waals surface area contributed by atoms with E-state index in [1.54, 1.807) is 4.90 Å². The highest BCUT2D eigenvalue weighted by atomic mass is 35.5. The van der Waals surface area contributed by atoms with Crippen LogP contribution in [0.25, 0.3) is 0 Å². The van der Waals surface area contributed by atoms with Gasteiger partial charge in [0.15, 0.2) is 0 Å². The molecule has 0 aliphatic carbocycles. The summed E-state index contributed by atoms with van der Waals surface area (Å²) < 4.78 is 14.4. The van der Waals surface area contributed by atoms with Crippen molar-refractivity contribution in [1.29, 1.82) is 0 Å². The predicted octanol–water partition coefficient (Wildman–Crippen LogP) is 0.814. The number of nitrogens with zero attached hydrogens (tertiary/aromatic N) is 3. The van der Waals surface area contributed by atoms with Gasteiger partial charge in [-0.25, -0.2) is 9.18 Å². The first kappa shape index (κ1) is 21.3. The Labute approximate surface area is 174 Å². The van der Waals surface area contributed by atoms with E-state index in [9.17, 15) is 18.8 Å². The van der Waals surface area contributed by atoms with Crippen LogP contribution in [0.2, 0.25) is 0 Å². The molecule has 0 saturated carbocycles. The van der Waals surface area contributed by atoms with E-state index in [1.807, 2.05) is 4.90 Å². The SMILES string of the molecule is Cl.O=C(c1cc(N2CCNC2=O)ccc1F)N1CCCC(N2CCNCC2=O)C1. The number of likely N-dealkylation sites (tertiary alicyclic amines) is 1. The number of benzene rings is 1. The number of carbonyl (C=O) groups excluding carboxylic acids is 3. The van der Waals surface area contributed by atoms with Gasteiger partial charge in [-0.15, -0.1) is 12.4 Å². The molecule has 1 aromatic rings. The van der Waals surface area contributed by atoms with Crippen molar-refractivity contribution in [2.45, 2.75) is 18.9 Å². The molecule has 0 bridgehead atoms. The third kappa shape index (κ3) is 4.30. The van der Waals surface area contributed by atoms with Crippen molar-refractivity contribution >= 4 is 35.9 Å². The third-order valence-electron chi connectivity index (χ3n) is 5.60. The van der Waals surface area contributed by atoms with Gasteiger partial charge in [-0.1, -0.05) is 0 Å². The second-order valence-electron chi connectivity index (χ2n) is 7.36. The Hall–Kier alpha value is -2.39. The van der Waals surface area contributed by atoms with E-state index in [4.69, 9.17) is 0 Å². The second-order valence-corrected chi connectivity index (χ2v) is 7.36. The predicted molar refractivity (Wildman–Crippen MR) is 108 cm³/mol. The van der Waals surface area contributed by atoms with E-state index in [2.05, 4.69) is 10.6 Å². The standard InChI is InChI=1S/C19H24FN5O3.ClH/c20-16-4-3-13(25-9-6-22-19(25)28)10-15(16)18(27)23-7-1-2-14(12-23)24-8-5-21-11-17(24)26;/h3-4,10,14,21H,1-2,5-9,11-12H2,(H,22,28);1H. The van der Waals surface area contributed by atoms with Crippen LogP contribution in [0.15, 0.2) is 18.2 Å². The monoisotopic (exact) mass is 425 g/mol. The van der Waals surface area contributed by atoms with Crippen molar-refractivity contribution in [3.63, 3.8) is 0 Å². The Bertz CT molecular complexity index is 808. The van der Waals surface area contributed by atoms with Crippen molar-refractivity contribution in [2.24, 2.45) is 0 Å². The number of hydrogen-bond acceptors (Lipinski definition) is 4. The number of carbonyl (C=O) groups is 3. The zero-order valence-corrected chi connectivity index (χ0v) is 16.8. The molecular formula is C19H25ClFN5O3. The van der Waals surface area contributed by atoms with Gasteiger partial charge in [-0.05, 0) is 31.0 Å². The van der Waals surface area contributed by atoms with Crippen LogP contribution in [-0.2, 0) is 4.79 Å². The summed E-state index contributed by atoms with van der Waals surface area (Å²) in [5.74, 6) is -0.960. The molecule has 3 heterocycles. The number of halogens is 2. The maximum Gasteiger partial charge on any atom is 0.321 e. The molecule has 2 N–H and O–H groups in total. The van der Waals surface area contributed by atoms with Crippen LogP contribution in [0.4, 0.5) is 14.9 Å². The first-order valence-corrected chi connectivity index (χ1v) is 9.69. The van der Waals surface area contributed by atoms with Gasteiger partial charge in [0.2, 0.25) is 5.91 Å². The molecule has 1 atom stereocenters. The lowest BCUT2D eigenvalue weighted by molar-refractivity contribution is -0.135. The number of anilines is 1. The summed E-state index contributed by atoms with van der Waals surface area (Å²) in [7, 11) is 0. The van der Waals surface area contributed by atoms with Gasteiger partial charge in [0.1, 0.15) is 5.82 Å². The lowest BCUT2D eigenvalue weighted by Crippen LogP contribution is -2.57. The van der Waals surface area contributed by atoms with Crippen LogP contribution in [0.5, 0.6) is 0 Å². The van der Waals surface area contributed by atoms with E-state index in [0.29, 0.717) is 45.0 Å². The quantitative estimate of drug-likeness (QED) is 0.750. The highest BCUT2D eigenvalue weighted by Crippen LogP contribution is 2.24. The summed E-state index contributed by atoms with van der Waals surface area (Å²) >= 11 is 0.